The molecule has 0 aromatic heterocycles. The van der Waals surface area contributed by atoms with Crippen molar-refractivity contribution in [2.75, 3.05) is 63.2 Å². The van der Waals surface area contributed by atoms with Gasteiger partial charge in [-0.25, -0.2) is 0 Å². The number of hydrogen-bond donors (Lipinski definition) is 2. The molecule has 2 aromatic carbocycles. The normalized spacial score (nSPS) is 13.6. The van der Waals surface area contributed by atoms with E-state index in [1.165, 1.54) is 5.69 Å². The predicted molar refractivity (Wildman–Crippen MR) is 115 cm³/mol. The van der Waals surface area contributed by atoms with E-state index in [0.717, 1.165) is 37.7 Å². The minimum Gasteiger partial charge on any atom is -0.493 e. The Hall–Kier alpha value is -2.71. The van der Waals surface area contributed by atoms with Gasteiger partial charge < -0.3 is 34.5 Å². The van der Waals surface area contributed by atoms with Crippen molar-refractivity contribution in [1.29, 1.82) is 0 Å². The lowest BCUT2D eigenvalue weighted by Gasteiger charge is -2.29. The Kier molecular flexibility index (Phi) is 6.78. The van der Waals surface area contributed by atoms with Crippen LogP contribution in [0.25, 0.3) is 0 Å². The van der Waals surface area contributed by atoms with E-state index < -0.39 is 0 Å². The summed E-state index contributed by atoms with van der Waals surface area (Å²) in [6.07, 6.45) is 0. The number of hydrogen-bond acceptors (Lipinski definition) is 6. The van der Waals surface area contributed by atoms with Crippen molar-refractivity contribution in [2.24, 2.45) is 0 Å². The molecule has 0 radical (unpaired) electrons. The zero-order chi connectivity index (χ0) is 19.9. The molecule has 150 valence electrons. The summed E-state index contributed by atoms with van der Waals surface area (Å²) in [4.78, 5) is 2.31. The van der Waals surface area contributed by atoms with Crippen LogP contribution in [-0.2, 0) is 4.74 Å². The number of nitrogens with one attached hydrogen (secondary N) is 2. The van der Waals surface area contributed by atoms with Crippen LogP contribution < -0.4 is 29.7 Å². The Morgan fingerprint density at radius 2 is 1.46 bits per heavy atom. The van der Waals surface area contributed by atoms with Crippen LogP contribution in [0.3, 0.4) is 0 Å². The lowest BCUT2D eigenvalue weighted by atomic mass is 10.2. The Bertz CT molecular complexity index is 783. The average Bonchev–Trinajstić information content (AvgIpc) is 2.74. The highest BCUT2D eigenvalue weighted by Gasteiger charge is 2.14. The van der Waals surface area contributed by atoms with Gasteiger partial charge in [0.2, 0.25) is 5.75 Å². The molecule has 8 heteroatoms. The van der Waals surface area contributed by atoms with Gasteiger partial charge in [-0.15, -0.1) is 0 Å². The quantitative estimate of drug-likeness (QED) is 0.712. The van der Waals surface area contributed by atoms with E-state index in [9.17, 15) is 0 Å². The molecule has 0 bridgehead atoms. The molecule has 2 N–H and O–H groups in total. The van der Waals surface area contributed by atoms with Crippen LogP contribution >= 0.6 is 12.2 Å². The van der Waals surface area contributed by atoms with Crippen molar-refractivity contribution in [3.63, 3.8) is 0 Å². The third kappa shape index (κ3) is 4.76. The van der Waals surface area contributed by atoms with Gasteiger partial charge in [0.25, 0.3) is 0 Å². The Morgan fingerprint density at radius 1 is 0.893 bits per heavy atom. The summed E-state index contributed by atoms with van der Waals surface area (Å²) in [5.41, 5.74) is 2.82. The number of anilines is 3. The van der Waals surface area contributed by atoms with Gasteiger partial charge in [0.05, 0.1) is 34.5 Å². The van der Waals surface area contributed by atoms with Crippen LogP contribution in [0.1, 0.15) is 0 Å². The second kappa shape index (κ2) is 9.48. The van der Waals surface area contributed by atoms with Crippen LogP contribution in [0.4, 0.5) is 17.1 Å². The van der Waals surface area contributed by atoms with Gasteiger partial charge in [-0.1, -0.05) is 0 Å². The van der Waals surface area contributed by atoms with Crippen LogP contribution in [0, 0.1) is 0 Å². The highest BCUT2D eigenvalue weighted by molar-refractivity contribution is 7.80. The minimum absolute atomic E-state index is 0.466. The van der Waals surface area contributed by atoms with Gasteiger partial charge in [-0.05, 0) is 36.5 Å². The number of nitrogens with zero attached hydrogens (tertiary/aromatic N) is 1. The number of morpholine rings is 1. The fraction of sp³-hybridized carbons (Fsp3) is 0.350. The molecule has 1 saturated heterocycles. The van der Waals surface area contributed by atoms with E-state index in [-0.39, 0.29) is 0 Å². The van der Waals surface area contributed by atoms with E-state index in [4.69, 9.17) is 31.2 Å². The molecule has 3 rings (SSSR count). The van der Waals surface area contributed by atoms with Gasteiger partial charge in [0, 0.05) is 42.3 Å². The van der Waals surface area contributed by atoms with Crippen molar-refractivity contribution in [2.45, 2.75) is 0 Å². The molecule has 0 unspecified atom stereocenters. The van der Waals surface area contributed by atoms with E-state index in [0.29, 0.717) is 22.4 Å². The van der Waals surface area contributed by atoms with E-state index in [1.54, 1.807) is 33.5 Å². The van der Waals surface area contributed by atoms with Gasteiger partial charge >= 0.3 is 0 Å². The minimum atomic E-state index is 0.466. The number of methoxy groups -OCH3 is 3. The zero-order valence-corrected chi connectivity index (χ0v) is 17.1. The van der Waals surface area contributed by atoms with Crippen molar-refractivity contribution in [1.82, 2.24) is 0 Å². The number of benzene rings is 2. The predicted octanol–water partition coefficient (Wildman–Crippen LogP) is 3.36. The number of ether oxygens (including phenoxy) is 4. The van der Waals surface area contributed by atoms with Crippen molar-refractivity contribution >= 4 is 34.4 Å². The van der Waals surface area contributed by atoms with Gasteiger partial charge in [-0.2, -0.15) is 0 Å². The monoisotopic (exact) mass is 403 g/mol. The molecule has 1 heterocycles. The van der Waals surface area contributed by atoms with Gasteiger partial charge in [-0.3, -0.25) is 0 Å². The lowest BCUT2D eigenvalue weighted by molar-refractivity contribution is 0.122. The molecule has 0 spiro atoms. The maximum absolute atomic E-state index is 5.43. The second-order valence-electron chi connectivity index (χ2n) is 6.14. The van der Waals surface area contributed by atoms with Crippen molar-refractivity contribution in [3.8, 4) is 17.2 Å². The van der Waals surface area contributed by atoms with Gasteiger partial charge in [0.15, 0.2) is 16.6 Å². The molecule has 0 atom stereocenters. The Morgan fingerprint density at radius 3 is 2.00 bits per heavy atom. The first-order valence-corrected chi connectivity index (χ1v) is 9.36. The molecular formula is C20H25N3O4S. The van der Waals surface area contributed by atoms with Crippen LogP contribution in [0.5, 0.6) is 17.2 Å². The molecule has 0 saturated carbocycles. The summed E-state index contributed by atoms with van der Waals surface area (Å²) in [7, 11) is 4.72. The largest absolute Gasteiger partial charge is 0.493 e. The SMILES string of the molecule is COc1cc(NC(=S)Nc2ccc(N3CCOCC3)cc2)cc(OC)c1OC. The van der Waals surface area contributed by atoms with Gasteiger partial charge in [0.1, 0.15) is 0 Å². The molecular weight excluding hydrogens is 378 g/mol. The molecule has 1 fully saturated rings. The molecule has 7 nitrogen and oxygen atoms in total. The summed E-state index contributed by atoms with van der Waals surface area (Å²) < 4.78 is 21.5. The zero-order valence-electron chi connectivity index (χ0n) is 16.3. The van der Waals surface area contributed by atoms with E-state index in [1.807, 2.05) is 12.1 Å². The fourth-order valence-electron chi connectivity index (χ4n) is 3.02. The summed E-state index contributed by atoms with van der Waals surface area (Å²) in [5, 5.41) is 6.80. The third-order valence-corrected chi connectivity index (χ3v) is 4.63. The van der Waals surface area contributed by atoms with Crippen molar-refractivity contribution < 1.29 is 18.9 Å². The summed E-state index contributed by atoms with van der Waals surface area (Å²) in [6, 6.07) is 11.8. The summed E-state index contributed by atoms with van der Waals surface area (Å²) in [6.45, 7) is 3.35. The number of rotatable bonds is 6. The van der Waals surface area contributed by atoms with Crippen LogP contribution in [0.2, 0.25) is 0 Å². The molecule has 0 aliphatic carbocycles. The Labute approximate surface area is 170 Å². The smallest absolute Gasteiger partial charge is 0.203 e. The van der Waals surface area contributed by atoms with Crippen LogP contribution in [0.15, 0.2) is 36.4 Å². The highest BCUT2D eigenvalue weighted by atomic mass is 32.1. The maximum Gasteiger partial charge on any atom is 0.203 e. The first kappa shape index (κ1) is 20.0. The molecule has 1 aliphatic heterocycles. The van der Waals surface area contributed by atoms with Crippen molar-refractivity contribution in [3.05, 3.63) is 36.4 Å². The highest BCUT2D eigenvalue weighted by Crippen LogP contribution is 2.39. The number of thiocarbonyl (C=S) groups is 1. The molecule has 0 amide bonds. The fourth-order valence-corrected chi connectivity index (χ4v) is 3.26. The first-order chi connectivity index (χ1) is 13.6. The van der Waals surface area contributed by atoms with Crippen LogP contribution in [-0.4, -0.2) is 52.7 Å². The maximum atomic E-state index is 5.43. The van der Waals surface area contributed by atoms with E-state index in [2.05, 4.69) is 27.7 Å². The molecule has 1 aliphatic rings. The standard InChI is InChI=1S/C20H25N3O4S/c1-24-17-12-15(13-18(25-2)19(17)26-3)22-20(28)21-14-4-6-16(7-5-14)23-8-10-27-11-9-23/h4-7,12-13H,8-11H2,1-3H3,(H2,21,22,28). The second-order valence-corrected chi connectivity index (χ2v) is 6.55. The third-order valence-electron chi connectivity index (χ3n) is 4.42. The Balaban J connectivity index is 1.65. The summed E-state index contributed by atoms with van der Waals surface area (Å²) >= 11 is 5.43. The topological polar surface area (TPSA) is 64.2 Å². The molecule has 28 heavy (non-hydrogen) atoms. The van der Waals surface area contributed by atoms with E-state index >= 15 is 0 Å². The summed E-state index contributed by atoms with van der Waals surface area (Å²) in [5.74, 6) is 1.65. The average molecular weight is 404 g/mol. The lowest BCUT2D eigenvalue weighted by Crippen LogP contribution is -2.36. The first-order valence-electron chi connectivity index (χ1n) is 8.95. The molecule has 2 aromatic rings.